The summed E-state index contributed by atoms with van der Waals surface area (Å²) in [5.74, 6) is -0.399. The van der Waals surface area contributed by atoms with Crippen molar-refractivity contribution in [1.82, 2.24) is 4.90 Å². The molecule has 2 atom stereocenters. The van der Waals surface area contributed by atoms with E-state index in [9.17, 15) is 9.59 Å². The van der Waals surface area contributed by atoms with E-state index < -0.39 is 18.0 Å². The fraction of sp³-hybridized carbons (Fsp3) is 0.467. The minimum absolute atomic E-state index is 0.0324. The van der Waals surface area contributed by atoms with Crippen LogP contribution in [0, 0.1) is 11.8 Å². The SMILES string of the molecule is CC(C(=O)O)C1CN(C(=O)C2Cc3ccccc3O2)C1. The zero-order valence-electron chi connectivity index (χ0n) is 11.3. The zero-order chi connectivity index (χ0) is 14.3. The van der Waals surface area contributed by atoms with E-state index in [1.807, 2.05) is 24.3 Å². The molecule has 2 aliphatic heterocycles. The molecule has 5 nitrogen and oxygen atoms in total. The fourth-order valence-corrected chi connectivity index (χ4v) is 2.73. The second-order valence-electron chi connectivity index (χ2n) is 5.55. The third-order valence-corrected chi connectivity index (χ3v) is 4.24. The van der Waals surface area contributed by atoms with Gasteiger partial charge in [-0.1, -0.05) is 25.1 Å². The number of rotatable bonds is 3. The summed E-state index contributed by atoms with van der Waals surface area (Å²) in [6, 6.07) is 7.66. The smallest absolute Gasteiger partial charge is 0.306 e. The number of hydrogen-bond acceptors (Lipinski definition) is 3. The van der Waals surface area contributed by atoms with E-state index >= 15 is 0 Å². The summed E-state index contributed by atoms with van der Waals surface area (Å²) < 4.78 is 5.66. The van der Waals surface area contributed by atoms with Gasteiger partial charge in [0, 0.05) is 25.4 Å². The number of para-hydroxylation sites is 1. The Balaban J connectivity index is 1.57. The molecule has 0 radical (unpaired) electrons. The molecule has 0 aromatic heterocycles. The van der Waals surface area contributed by atoms with Gasteiger partial charge in [0.15, 0.2) is 6.10 Å². The number of fused-ring (bicyclic) bond motifs is 1. The van der Waals surface area contributed by atoms with E-state index in [1.165, 1.54) is 0 Å². The summed E-state index contributed by atoms with van der Waals surface area (Å²) in [5.41, 5.74) is 1.06. The Morgan fingerprint density at radius 2 is 2.05 bits per heavy atom. The predicted molar refractivity (Wildman–Crippen MR) is 71.4 cm³/mol. The van der Waals surface area contributed by atoms with E-state index in [1.54, 1.807) is 11.8 Å². The van der Waals surface area contributed by atoms with Crippen LogP contribution in [0.15, 0.2) is 24.3 Å². The molecule has 1 N–H and O–H groups in total. The van der Waals surface area contributed by atoms with Crippen LogP contribution in [-0.4, -0.2) is 41.1 Å². The number of carboxylic acids is 1. The van der Waals surface area contributed by atoms with E-state index in [2.05, 4.69) is 0 Å². The lowest BCUT2D eigenvalue weighted by molar-refractivity contribution is -0.153. The number of likely N-dealkylation sites (tertiary alicyclic amines) is 1. The molecule has 2 heterocycles. The summed E-state index contributed by atoms with van der Waals surface area (Å²) in [5, 5.41) is 8.94. The topological polar surface area (TPSA) is 66.8 Å². The molecule has 20 heavy (non-hydrogen) atoms. The zero-order valence-corrected chi connectivity index (χ0v) is 11.3. The maximum atomic E-state index is 12.3. The standard InChI is InChI=1S/C15H17NO4/c1-9(15(18)19)11-7-16(8-11)14(17)13-6-10-4-2-3-5-12(10)20-13/h2-5,9,11,13H,6-8H2,1H3,(H,18,19). The Labute approximate surface area is 117 Å². The van der Waals surface area contributed by atoms with Crippen LogP contribution >= 0.6 is 0 Å². The van der Waals surface area contributed by atoms with Crippen molar-refractivity contribution >= 4 is 11.9 Å². The van der Waals surface area contributed by atoms with Gasteiger partial charge in [-0.15, -0.1) is 0 Å². The largest absolute Gasteiger partial charge is 0.481 e. The molecule has 5 heteroatoms. The maximum absolute atomic E-state index is 12.3. The molecule has 3 rings (SSSR count). The molecular formula is C15H17NO4. The molecule has 2 aliphatic rings. The summed E-state index contributed by atoms with van der Waals surface area (Å²) in [7, 11) is 0. The van der Waals surface area contributed by atoms with Crippen LogP contribution in [0.5, 0.6) is 5.75 Å². The number of benzene rings is 1. The predicted octanol–water partition coefficient (Wildman–Crippen LogP) is 1.17. The number of amides is 1. The van der Waals surface area contributed by atoms with E-state index in [0.29, 0.717) is 19.5 Å². The van der Waals surface area contributed by atoms with E-state index in [0.717, 1.165) is 11.3 Å². The van der Waals surface area contributed by atoms with Crippen molar-refractivity contribution in [3.8, 4) is 5.75 Å². The van der Waals surface area contributed by atoms with Gasteiger partial charge >= 0.3 is 5.97 Å². The van der Waals surface area contributed by atoms with Crippen molar-refractivity contribution in [2.75, 3.05) is 13.1 Å². The molecule has 0 bridgehead atoms. The lowest BCUT2D eigenvalue weighted by Crippen LogP contribution is -2.56. The summed E-state index contributed by atoms with van der Waals surface area (Å²) in [6.45, 7) is 2.72. The van der Waals surface area contributed by atoms with Crippen LogP contribution in [-0.2, 0) is 16.0 Å². The van der Waals surface area contributed by atoms with Crippen molar-refractivity contribution in [2.24, 2.45) is 11.8 Å². The van der Waals surface area contributed by atoms with Gasteiger partial charge in [0.2, 0.25) is 0 Å². The molecule has 0 aliphatic carbocycles. The van der Waals surface area contributed by atoms with E-state index in [4.69, 9.17) is 9.84 Å². The highest BCUT2D eigenvalue weighted by Crippen LogP contribution is 2.31. The lowest BCUT2D eigenvalue weighted by atomic mass is 9.86. The second kappa shape index (κ2) is 4.81. The number of aliphatic carboxylic acids is 1. The highest BCUT2D eigenvalue weighted by Gasteiger charge is 2.41. The minimum atomic E-state index is -0.799. The van der Waals surface area contributed by atoms with Gasteiger partial charge in [-0.3, -0.25) is 9.59 Å². The first-order chi connectivity index (χ1) is 9.56. The molecule has 0 spiro atoms. The molecule has 1 amide bonds. The first-order valence-corrected chi connectivity index (χ1v) is 6.82. The molecule has 1 saturated heterocycles. The van der Waals surface area contributed by atoms with Crippen molar-refractivity contribution in [1.29, 1.82) is 0 Å². The number of carbonyl (C=O) groups excluding carboxylic acids is 1. The molecule has 1 aromatic rings. The monoisotopic (exact) mass is 275 g/mol. The van der Waals surface area contributed by atoms with Crippen LogP contribution in [0.25, 0.3) is 0 Å². The van der Waals surface area contributed by atoms with Gasteiger partial charge < -0.3 is 14.7 Å². The van der Waals surface area contributed by atoms with Gasteiger partial charge in [0.1, 0.15) is 5.75 Å². The lowest BCUT2D eigenvalue weighted by Gasteiger charge is -2.42. The first kappa shape index (κ1) is 13.0. The fourth-order valence-electron chi connectivity index (χ4n) is 2.73. The Kier molecular flexibility index (Phi) is 3.12. The average Bonchev–Trinajstić information content (AvgIpc) is 2.80. The first-order valence-electron chi connectivity index (χ1n) is 6.82. The Morgan fingerprint density at radius 1 is 1.35 bits per heavy atom. The number of carboxylic acid groups (broad SMARTS) is 1. The Morgan fingerprint density at radius 3 is 2.70 bits per heavy atom. The van der Waals surface area contributed by atoms with Crippen LogP contribution < -0.4 is 4.74 Å². The van der Waals surface area contributed by atoms with E-state index in [-0.39, 0.29) is 11.8 Å². The van der Waals surface area contributed by atoms with Crippen molar-refractivity contribution < 1.29 is 19.4 Å². The number of hydrogen-bond donors (Lipinski definition) is 1. The summed E-state index contributed by atoms with van der Waals surface area (Å²) in [6.07, 6.45) is 0.151. The van der Waals surface area contributed by atoms with Gasteiger partial charge in [0.25, 0.3) is 5.91 Å². The van der Waals surface area contributed by atoms with Crippen molar-refractivity contribution in [2.45, 2.75) is 19.4 Å². The second-order valence-corrected chi connectivity index (χ2v) is 5.55. The van der Waals surface area contributed by atoms with Crippen molar-refractivity contribution in [3.63, 3.8) is 0 Å². The molecule has 0 saturated carbocycles. The summed E-state index contributed by atoms with van der Waals surface area (Å²) >= 11 is 0. The average molecular weight is 275 g/mol. The molecule has 2 unspecified atom stereocenters. The van der Waals surface area contributed by atoms with Gasteiger partial charge in [0.05, 0.1) is 5.92 Å². The van der Waals surface area contributed by atoms with Crippen LogP contribution in [0.3, 0.4) is 0 Å². The van der Waals surface area contributed by atoms with Crippen molar-refractivity contribution in [3.05, 3.63) is 29.8 Å². The third-order valence-electron chi connectivity index (χ3n) is 4.24. The molecular weight excluding hydrogens is 258 g/mol. The molecule has 1 fully saturated rings. The van der Waals surface area contributed by atoms with Gasteiger partial charge in [-0.25, -0.2) is 0 Å². The summed E-state index contributed by atoms with van der Waals surface area (Å²) in [4.78, 5) is 24.9. The number of ether oxygens (including phenoxy) is 1. The Hall–Kier alpha value is -2.04. The minimum Gasteiger partial charge on any atom is -0.481 e. The van der Waals surface area contributed by atoms with Crippen LogP contribution in [0.1, 0.15) is 12.5 Å². The normalized spacial score (nSPS) is 22.6. The quantitative estimate of drug-likeness (QED) is 0.899. The number of nitrogens with zero attached hydrogens (tertiary/aromatic N) is 1. The number of carbonyl (C=O) groups is 2. The van der Waals surface area contributed by atoms with Gasteiger partial charge in [-0.2, -0.15) is 0 Å². The Bertz CT molecular complexity index is 526. The van der Waals surface area contributed by atoms with Crippen LogP contribution in [0.2, 0.25) is 0 Å². The molecule has 106 valence electrons. The highest BCUT2D eigenvalue weighted by molar-refractivity contribution is 5.83. The van der Waals surface area contributed by atoms with Gasteiger partial charge in [-0.05, 0) is 11.6 Å². The maximum Gasteiger partial charge on any atom is 0.306 e. The molecule has 1 aromatic carbocycles. The highest BCUT2D eigenvalue weighted by atomic mass is 16.5. The van der Waals surface area contributed by atoms with Crippen LogP contribution in [0.4, 0.5) is 0 Å². The third kappa shape index (κ3) is 2.13.